The van der Waals surface area contributed by atoms with E-state index in [1.54, 1.807) is 0 Å². The highest BCUT2D eigenvalue weighted by Gasteiger charge is 2.02. The first-order chi connectivity index (χ1) is 4.95. The highest BCUT2D eigenvalue weighted by Crippen LogP contribution is 1.83. The van der Waals surface area contributed by atoms with Crippen LogP contribution in [-0.2, 0) is 14.4 Å². The van der Waals surface area contributed by atoms with E-state index in [4.69, 9.17) is 0 Å². The average molecular weight is 179 g/mol. The molecular weight excluding hydrogens is 166 g/mol. The van der Waals surface area contributed by atoms with E-state index >= 15 is 0 Å². The lowest BCUT2D eigenvalue weighted by molar-refractivity contribution is 0.153. The van der Waals surface area contributed by atoms with Crippen molar-refractivity contribution in [3.8, 4) is 0 Å². The molecule has 0 radical (unpaired) electrons. The molecule has 1 N–H and O–H groups in total. The standard InChI is InChI=1S/C6H13NO3S/c1-4-5-10-6(8)7-11(2,3)9/h2,4-5H2,1,3H3,(H,7,8,9). The zero-order valence-corrected chi connectivity index (χ0v) is 7.57. The molecule has 0 aliphatic heterocycles. The second kappa shape index (κ2) is 4.23. The van der Waals surface area contributed by atoms with Crippen LogP contribution < -0.4 is 4.72 Å². The topological polar surface area (TPSA) is 55.4 Å². The molecule has 0 saturated heterocycles. The van der Waals surface area contributed by atoms with E-state index < -0.39 is 15.8 Å². The van der Waals surface area contributed by atoms with Crippen molar-refractivity contribution < 1.29 is 13.7 Å². The van der Waals surface area contributed by atoms with Crippen LogP contribution in [0.5, 0.6) is 0 Å². The van der Waals surface area contributed by atoms with Crippen LogP contribution in [0.25, 0.3) is 0 Å². The predicted octanol–water partition coefficient (Wildman–Crippen LogP) is 0.384. The Labute approximate surface area is 67.1 Å². The van der Waals surface area contributed by atoms with Crippen LogP contribution in [0, 0.1) is 0 Å². The Morgan fingerprint density at radius 1 is 1.73 bits per heavy atom. The third-order valence-electron chi connectivity index (χ3n) is 0.737. The minimum Gasteiger partial charge on any atom is -0.449 e. The van der Waals surface area contributed by atoms with Gasteiger partial charge in [0.1, 0.15) is 0 Å². The van der Waals surface area contributed by atoms with Crippen molar-refractivity contribution in [3.05, 3.63) is 0 Å². The first kappa shape index (κ1) is 10.3. The van der Waals surface area contributed by atoms with Crippen LogP contribution in [0.3, 0.4) is 0 Å². The Morgan fingerprint density at radius 3 is 2.64 bits per heavy atom. The minimum absolute atomic E-state index is 0.335. The largest absolute Gasteiger partial charge is 0.449 e. The van der Waals surface area contributed by atoms with Crippen molar-refractivity contribution in [1.82, 2.24) is 4.72 Å². The van der Waals surface area contributed by atoms with Crippen molar-refractivity contribution in [2.45, 2.75) is 13.3 Å². The summed E-state index contributed by atoms with van der Waals surface area (Å²) in [7, 11) is -2.48. The van der Waals surface area contributed by atoms with E-state index in [-0.39, 0.29) is 0 Å². The van der Waals surface area contributed by atoms with Gasteiger partial charge in [0.05, 0.1) is 6.61 Å². The van der Waals surface area contributed by atoms with Crippen LogP contribution in [0.15, 0.2) is 0 Å². The fourth-order valence-corrected chi connectivity index (χ4v) is 0.812. The highest BCUT2D eigenvalue weighted by atomic mass is 32.2. The lowest BCUT2D eigenvalue weighted by Crippen LogP contribution is -2.29. The van der Waals surface area contributed by atoms with Gasteiger partial charge < -0.3 is 4.74 Å². The summed E-state index contributed by atoms with van der Waals surface area (Å²) in [5.41, 5.74) is 0. The monoisotopic (exact) mass is 179 g/mol. The number of hydrogen-bond acceptors (Lipinski definition) is 3. The van der Waals surface area contributed by atoms with Gasteiger partial charge in [0.25, 0.3) is 0 Å². The van der Waals surface area contributed by atoms with Crippen LogP contribution in [0.4, 0.5) is 4.79 Å². The summed E-state index contributed by atoms with van der Waals surface area (Å²) in [5.74, 6) is 3.23. The van der Waals surface area contributed by atoms with Gasteiger partial charge in [-0.25, -0.2) is 13.7 Å². The maximum atomic E-state index is 10.8. The molecule has 0 fully saturated rings. The number of rotatable bonds is 3. The summed E-state index contributed by atoms with van der Waals surface area (Å²) < 4.78 is 17.5. The second-order valence-corrected chi connectivity index (χ2v) is 4.46. The van der Waals surface area contributed by atoms with Gasteiger partial charge in [-0.15, -0.1) is 0 Å². The summed E-state index contributed by atoms with van der Waals surface area (Å²) in [5, 5.41) is 0. The van der Waals surface area contributed by atoms with Crippen molar-refractivity contribution in [3.63, 3.8) is 0 Å². The van der Waals surface area contributed by atoms with Gasteiger partial charge >= 0.3 is 6.09 Å². The quantitative estimate of drug-likeness (QED) is 0.637. The van der Waals surface area contributed by atoms with Gasteiger partial charge in [0.15, 0.2) is 0 Å². The molecule has 11 heavy (non-hydrogen) atoms. The molecule has 4 nitrogen and oxygen atoms in total. The van der Waals surface area contributed by atoms with E-state index in [0.717, 1.165) is 6.42 Å². The number of nitrogens with one attached hydrogen (secondary N) is 1. The Hall–Kier alpha value is -0.710. The molecule has 0 aromatic carbocycles. The number of amides is 1. The lowest BCUT2D eigenvalue weighted by atomic mass is 10.5. The molecule has 0 aromatic heterocycles. The summed E-state index contributed by atoms with van der Waals surface area (Å²) in [6, 6.07) is 0. The van der Waals surface area contributed by atoms with Gasteiger partial charge in [-0.2, -0.15) is 0 Å². The van der Waals surface area contributed by atoms with E-state index in [1.165, 1.54) is 6.26 Å². The molecule has 1 atom stereocenters. The molecule has 1 amide bonds. The van der Waals surface area contributed by atoms with Crippen molar-refractivity contribution >= 4 is 21.7 Å². The molecule has 0 spiro atoms. The van der Waals surface area contributed by atoms with Crippen LogP contribution in [-0.4, -0.2) is 29.0 Å². The van der Waals surface area contributed by atoms with Crippen LogP contribution in [0.2, 0.25) is 0 Å². The van der Waals surface area contributed by atoms with Gasteiger partial charge in [-0.05, 0) is 12.3 Å². The highest BCUT2D eigenvalue weighted by molar-refractivity contribution is 7.98. The SMILES string of the molecule is C=S(C)(=O)NC(=O)OCCC. The fourth-order valence-electron chi connectivity index (χ4n) is 0.401. The number of carbonyl (C=O) groups excluding carboxylic acids is 1. The number of ether oxygens (including phenoxy) is 1. The van der Waals surface area contributed by atoms with Gasteiger partial charge in [0, 0.05) is 16.0 Å². The first-order valence-corrected chi connectivity index (χ1v) is 5.36. The predicted molar refractivity (Wildman–Crippen MR) is 46.0 cm³/mol. The first-order valence-electron chi connectivity index (χ1n) is 3.22. The maximum Gasteiger partial charge on any atom is 0.418 e. The second-order valence-electron chi connectivity index (χ2n) is 2.24. The molecule has 0 rings (SSSR count). The van der Waals surface area contributed by atoms with Gasteiger partial charge in [-0.3, -0.25) is 0 Å². The van der Waals surface area contributed by atoms with Gasteiger partial charge in [0.2, 0.25) is 0 Å². The third kappa shape index (κ3) is 7.18. The number of hydrogen-bond donors (Lipinski definition) is 1. The van der Waals surface area contributed by atoms with Gasteiger partial charge in [-0.1, -0.05) is 6.92 Å². The van der Waals surface area contributed by atoms with E-state index in [2.05, 4.69) is 15.3 Å². The molecule has 1 unspecified atom stereocenters. The Bertz CT molecular complexity index is 220. The van der Waals surface area contributed by atoms with Crippen molar-refractivity contribution in [1.29, 1.82) is 0 Å². The third-order valence-corrected chi connectivity index (χ3v) is 1.33. The van der Waals surface area contributed by atoms with Crippen molar-refractivity contribution in [2.75, 3.05) is 12.9 Å². The smallest absolute Gasteiger partial charge is 0.418 e. The summed E-state index contributed by atoms with van der Waals surface area (Å²) in [4.78, 5) is 10.7. The Kier molecular flexibility index (Phi) is 3.95. The lowest BCUT2D eigenvalue weighted by Gasteiger charge is -2.05. The van der Waals surface area contributed by atoms with Crippen molar-refractivity contribution in [2.24, 2.45) is 0 Å². The maximum absolute atomic E-state index is 10.8. The number of carbonyl (C=O) groups is 1. The zero-order chi connectivity index (χ0) is 8.91. The normalized spacial score (nSPS) is 15.1. The van der Waals surface area contributed by atoms with E-state index in [9.17, 15) is 9.00 Å². The molecular formula is C6H13NO3S. The molecule has 0 heterocycles. The Morgan fingerprint density at radius 2 is 2.27 bits per heavy atom. The molecule has 0 aliphatic rings. The molecule has 0 saturated carbocycles. The fraction of sp³-hybridized carbons (Fsp3) is 0.667. The van der Waals surface area contributed by atoms with Crippen LogP contribution in [0.1, 0.15) is 13.3 Å². The molecule has 0 aromatic rings. The van der Waals surface area contributed by atoms with Crippen LogP contribution >= 0.6 is 0 Å². The zero-order valence-electron chi connectivity index (χ0n) is 6.75. The molecule has 5 heteroatoms. The molecule has 0 bridgehead atoms. The van der Waals surface area contributed by atoms with E-state index in [1.807, 2.05) is 6.92 Å². The Balaban J connectivity index is 3.71. The summed E-state index contributed by atoms with van der Waals surface area (Å²) in [6.07, 6.45) is 1.41. The molecule has 66 valence electrons. The average Bonchev–Trinajstić information content (AvgIpc) is 1.79. The minimum atomic E-state index is -2.48. The summed E-state index contributed by atoms with van der Waals surface area (Å²) in [6.45, 7) is 2.21. The summed E-state index contributed by atoms with van der Waals surface area (Å²) >= 11 is 0. The molecule has 0 aliphatic carbocycles. The van der Waals surface area contributed by atoms with E-state index in [0.29, 0.717) is 6.61 Å².